The lowest BCUT2D eigenvalue weighted by atomic mass is 9.99. The number of benzene rings is 2. The molecule has 0 bridgehead atoms. The van der Waals surface area contributed by atoms with Crippen molar-refractivity contribution in [3.63, 3.8) is 0 Å². The number of nitrogens with one attached hydrogen (secondary N) is 2. The fraction of sp³-hybridized carbons (Fsp3) is 0.200. The zero-order valence-electron chi connectivity index (χ0n) is 15.4. The monoisotopic (exact) mass is 436 g/mol. The number of aryl methyl sites for hydroxylation is 1. The van der Waals surface area contributed by atoms with Crippen LogP contribution in [0.3, 0.4) is 0 Å². The first-order chi connectivity index (χ1) is 14.3. The number of primary amides is 1. The van der Waals surface area contributed by atoms with E-state index < -0.39 is 29.0 Å². The molecular weight excluding hydrogens is 421 g/mol. The maximum Gasteiger partial charge on any atom is 0.263 e. The molecule has 10 heteroatoms. The van der Waals surface area contributed by atoms with Gasteiger partial charge < -0.3 is 15.6 Å². The summed E-state index contributed by atoms with van der Waals surface area (Å²) in [5.41, 5.74) is 8.08. The summed E-state index contributed by atoms with van der Waals surface area (Å²) in [5, 5.41) is 1.47. The molecule has 1 aromatic heterocycles. The van der Waals surface area contributed by atoms with Crippen LogP contribution in [0.25, 0.3) is 10.9 Å². The van der Waals surface area contributed by atoms with Crippen molar-refractivity contribution in [3.05, 3.63) is 70.1 Å². The van der Waals surface area contributed by atoms with Gasteiger partial charge in [-0.05, 0) is 36.2 Å². The van der Waals surface area contributed by atoms with Gasteiger partial charge in [0.05, 0.1) is 6.42 Å². The second-order valence-electron chi connectivity index (χ2n) is 6.95. The Kier molecular flexibility index (Phi) is 5.17. The summed E-state index contributed by atoms with van der Waals surface area (Å²) in [6, 6.07) is 7.29. The molecule has 1 aliphatic heterocycles. The van der Waals surface area contributed by atoms with Crippen LogP contribution in [-0.4, -0.2) is 22.5 Å². The van der Waals surface area contributed by atoms with Gasteiger partial charge in [0.25, 0.3) is 5.91 Å². The first kappa shape index (κ1) is 20.2. The fourth-order valence-electron chi connectivity index (χ4n) is 3.35. The smallest absolute Gasteiger partial charge is 0.263 e. The SMILES string of the molecule is NC(=O)C1(CCc2c[nH]c3ccc(Cl)cc23)N=C(Cc2ccc(F)c(F)c2F)ON1. The lowest BCUT2D eigenvalue weighted by molar-refractivity contribution is -0.126. The zero-order valence-corrected chi connectivity index (χ0v) is 16.2. The molecule has 30 heavy (non-hydrogen) atoms. The average Bonchev–Trinajstić information content (AvgIpc) is 3.31. The molecule has 6 nitrogen and oxygen atoms in total. The van der Waals surface area contributed by atoms with E-state index in [1.54, 1.807) is 18.3 Å². The Balaban J connectivity index is 1.56. The number of carbonyl (C=O) groups excluding carboxylic acids is 1. The number of halogens is 4. The lowest BCUT2D eigenvalue weighted by Gasteiger charge is -2.20. The summed E-state index contributed by atoms with van der Waals surface area (Å²) in [6.07, 6.45) is 2.06. The van der Waals surface area contributed by atoms with Crippen molar-refractivity contribution in [2.75, 3.05) is 0 Å². The molecule has 2 heterocycles. The van der Waals surface area contributed by atoms with Crippen molar-refractivity contribution < 1.29 is 22.8 Å². The third-order valence-corrected chi connectivity index (χ3v) is 5.24. The molecule has 4 N–H and O–H groups in total. The number of fused-ring (bicyclic) bond motifs is 1. The van der Waals surface area contributed by atoms with Crippen LogP contribution in [0.5, 0.6) is 0 Å². The molecule has 4 rings (SSSR count). The molecule has 0 aliphatic carbocycles. The quantitative estimate of drug-likeness (QED) is 0.516. The van der Waals surface area contributed by atoms with Crippen molar-refractivity contribution in [1.82, 2.24) is 10.5 Å². The molecular formula is C20H16ClF3N4O2. The highest BCUT2D eigenvalue weighted by molar-refractivity contribution is 6.31. The number of H-pyrrole nitrogens is 1. The Morgan fingerprint density at radius 3 is 2.73 bits per heavy atom. The van der Waals surface area contributed by atoms with E-state index in [0.29, 0.717) is 11.4 Å². The summed E-state index contributed by atoms with van der Waals surface area (Å²) in [7, 11) is 0. The normalized spacial score (nSPS) is 18.5. The average molecular weight is 437 g/mol. The van der Waals surface area contributed by atoms with E-state index >= 15 is 0 Å². The van der Waals surface area contributed by atoms with Crippen LogP contribution >= 0.6 is 11.6 Å². The van der Waals surface area contributed by atoms with E-state index in [9.17, 15) is 18.0 Å². The summed E-state index contributed by atoms with van der Waals surface area (Å²) in [5.74, 6) is -5.08. The molecule has 0 spiro atoms. The number of rotatable bonds is 6. The Labute approximate surface area is 173 Å². The van der Waals surface area contributed by atoms with Gasteiger partial charge in [0.1, 0.15) is 0 Å². The number of amides is 1. The van der Waals surface area contributed by atoms with Gasteiger partial charge in [0.2, 0.25) is 11.6 Å². The Hall–Kier alpha value is -3.04. The first-order valence-corrected chi connectivity index (χ1v) is 9.37. The van der Waals surface area contributed by atoms with Gasteiger partial charge in [0, 0.05) is 34.1 Å². The van der Waals surface area contributed by atoms with Crippen LogP contribution in [0.4, 0.5) is 13.2 Å². The minimum Gasteiger partial charge on any atom is -0.390 e. The van der Waals surface area contributed by atoms with Gasteiger partial charge >= 0.3 is 0 Å². The number of aromatic nitrogens is 1. The van der Waals surface area contributed by atoms with Gasteiger partial charge in [-0.1, -0.05) is 17.7 Å². The summed E-state index contributed by atoms with van der Waals surface area (Å²) in [4.78, 5) is 24.7. The molecule has 1 unspecified atom stereocenters. The predicted octanol–water partition coefficient (Wildman–Crippen LogP) is 3.53. The van der Waals surface area contributed by atoms with E-state index in [1.165, 1.54) is 0 Å². The van der Waals surface area contributed by atoms with Crippen LogP contribution in [0.15, 0.2) is 41.5 Å². The Morgan fingerprint density at radius 1 is 1.17 bits per heavy atom. The van der Waals surface area contributed by atoms with Crippen LogP contribution in [-0.2, 0) is 22.5 Å². The first-order valence-electron chi connectivity index (χ1n) is 8.99. The summed E-state index contributed by atoms with van der Waals surface area (Å²) < 4.78 is 40.5. The molecule has 2 aromatic carbocycles. The van der Waals surface area contributed by atoms with E-state index in [4.69, 9.17) is 22.2 Å². The van der Waals surface area contributed by atoms with Crippen LogP contribution < -0.4 is 11.2 Å². The van der Waals surface area contributed by atoms with Gasteiger partial charge in [-0.25, -0.2) is 18.2 Å². The van der Waals surface area contributed by atoms with Crippen LogP contribution in [0.2, 0.25) is 5.02 Å². The number of hydrogen-bond acceptors (Lipinski definition) is 4. The van der Waals surface area contributed by atoms with Gasteiger partial charge in [-0.15, -0.1) is 5.48 Å². The standard InChI is InChI=1S/C20H16ClF3N4O2/c21-12-2-4-15-13(8-12)11(9-26-15)5-6-20(19(25)29)27-16(30-28-20)7-10-1-3-14(22)18(24)17(10)23/h1-4,8-9,26,28H,5-7H2,(H2,25,29). The minimum absolute atomic E-state index is 0.0688. The third-order valence-electron chi connectivity index (χ3n) is 5.00. The molecule has 0 fully saturated rings. The van der Waals surface area contributed by atoms with Crippen molar-refractivity contribution in [2.45, 2.75) is 24.9 Å². The molecule has 156 valence electrons. The number of nitrogens with zero attached hydrogens (tertiary/aromatic N) is 1. The zero-order chi connectivity index (χ0) is 21.5. The largest absolute Gasteiger partial charge is 0.390 e. The molecule has 0 saturated heterocycles. The van der Waals surface area contributed by atoms with Crippen LogP contribution in [0.1, 0.15) is 17.5 Å². The minimum atomic E-state index is -1.58. The topological polar surface area (TPSA) is 92.5 Å². The highest BCUT2D eigenvalue weighted by Crippen LogP contribution is 2.27. The second kappa shape index (κ2) is 7.66. The number of carbonyl (C=O) groups is 1. The summed E-state index contributed by atoms with van der Waals surface area (Å²) >= 11 is 6.06. The van der Waals surface area contributed by atoms with Crippen molar-refractivity contribution >= 4 is 34.3 Å². The number of aliphatic imine (C=N–C) groups is 1. The number of nitrogens with two attached hydrogens (primary N) is 1. The molecule has 1 atom stereocenters. The predicted molar refractivity (Wildman–Crippen MR) is 105 cm³/mol. The van der Waals surface area contributed by atoms with Crippen molar-refractivity contribution in [3.8, 4) is 0 Å². The second-order valence-corrected chi connectivity index (χ2v) is 7.39. The summed E-state index contributed by atoms with van der Waals surface area (Å²) in [6.45, 7) is 0. The van der Waals surface area contributed by atoms with E-state index in [1.807, 2.05) is 6.07 Å². The fourth-order valence-corrected chi connectivity index (χ4v) is 3.52. The highest BCUT2D eigenvalue weighted by Gasteiger charge is 2.42. The molecule has 0 radical (unpaired) electrons. The van der Waals surface area contributed by atoms with Crippen molar-refractivity contribution in [1.29, 1.82) is 0 Å². The van der Waals surface area contributed by atoms with E-state index in [0.717, 1.165) is 28.6 Å². The highest BCUT2D eigenvalue weighted by atomic mass is 35.5. The van der Waals surface area contributed by atoms with Gasteiger partial charge in [-0.3, -0.25) is 4.79 Å². The number of hydrogen-bond donors (Lipinski definition) is 3. The molecule has 1 amide bonds. The van der Waals surface area contributed by atoms with E-state index in [-0.39, 0.29) is 24.3 Å². The third kappa shape index (κ3) is 3.61. The maximum atomic E-state index is 13.9. The lowest BCUT2D eigenvalue weighted by Crippen LogP contribution is -2.51. The number of hydroxylamine groups is 1. The van der Waals surface area contributed by atoms with Gasteiger partial charge in [-0.2, -0.15) is 0 Å². The van der Waals surface area contributed by atoms with Crippen LogP contribution in [0, 0.1) is 17.5 Å². The van der Waals surface area contributed by atoms with Gasteiger partial charge in [0.15, 0.2) is 17.5 Å². The molecule has 3 aromatic rings. The molecule has 1 aliphatic rings. The Bertz CT molecular complexity index is 1180. The Morgan fingerprint density at radius 2 is 1.97 bits per heavy atom. The maximum absolute atomic E-state index is 13.9. The number of aromatic amines is 1. The molecule has 0 saturated carbocycles. The van der Waals surface area contributed by atoms with E-state index in [2.05, 4.69) is 15.5 Å². The van der Waals surface area contributed by atoms with Crippen molar-refractivity contribution in [2.24, 2.45) is 10.7 Å².